The quantitative estimate of drug-likeness (QED) is 0.793. The summed E-state index contributed by atoms with van der Waals surface area (Å²) in [6.45, 7) is 9.78. The molecule has 0 aliphatic rings. The summed E-state index contributed by atoms with van der Waals surface area (Å²) >= 11 is 3.47. The molecular weight excluding hydrogens is 278 g/mol. The van der Waals surface area contributed by atoms with Gasteiger partial charge in [0.15, 0.2) is 0 Å². The van der Waals surface area contributed by atoms with E-state index in [0.29, 0.717) is 12.5 Å². The van der Waals surface area contributed by atoms with Gasteiger partial charge in [0.2, 0.25) is 10.0 Å². The van der Waals surface area contributed by atoms with Crippen LogP contribution in [0.1, 0.15) is 41.0 Å². The predicted octanol–water partition coefficient (Wildman–Crippen LogP) is 2.51. The maximum absolute atomic E-state index is 11.7. The maximum atomic E-state index is 11.7. The van der Waals surface area contributed by atoms with E-state index in [1.165, 1.54) is 0 Å². The molecule has 1 N–H and O–H groups in total. The van der Waals surface area contributed by atoms with Gasteiger partial charge in [-0.05, 0) is 33.1 Å². The van der Waals surface area contributed by atoms with Crippen molar-refractivity contribution in [2.45, 2.75) is 50.6 Å². The Labute approximate surface area is 102 Å². The summed E-state index contributed by atoms with van der Waals surface area (Å²) in [5.41, 5.74) is 0. The lowest BCUT2D eigenvalue weighted by Gasteiger charge is -2.21. The molecule has 0 heterocycles. The van der Waals surface area contributed by atoms with Crippen LogP contribution in [0, 0.1) is 5.92 Å². The summed E-state index contributed by atoms with van der Waals surface area (Å²) in [7, 11) is -3.21. The number of rotatable bonds is 5. The van der Waals surface area contributed by atoms with Crippen molar-refractivity contribution in [3.8, 4) is 0 Å². The molecule has 0 fully saturated rings. The second-order valence-corrected chi connectivity index (χ2v) is 9.01. The molecule has 92 valence electrons. The second-order valence-electron chi connectivity index (χ2n) is 5.19. The first-order valence-electron chi connectivity index (χ1n) is 5.19. The van der Waals surface area contributed by atoms with Gasteiger partial charge in [0.05, 0.1) is 4.75 Å². The molecule has 5 heteroatoms. The van der Waals surface area contributed by atoms with Crippen LogP contribution in [0.5, 0.6) is 0 Å². The van der Waals surface area contributed by atoms with Crippen LogP contribution >= 0.6 is 15.9 Å². The lowest BCUT2D eigenvalue weighted by Crippen LogP contribution is -2.41. The fourth-order valence-corrected chi connectivity index (χ4v) is 2.99. The van der Waals surface area contributed by atoms with Crippen molar-refractivity contribution in [3.05, 3.63) is 0 Å². The van der Waals surface area contributed by atoms with Gasteiger partial charge in [-0.2, -0.15) is 0 Å². The van der Waals surface area contributed by atoms with Crippen LogP contribution in [0.25, 0.3) is 0 Å². The summed E-state index contributed by atoms with van der Waals surface area (Å²) in [5.74, 6) is 0.563. The fraction of sp³-hybridized carbons (Fsp3) is 1.00. The second kappa shape index (κ2) is 5.64. The molecule has 0 amide bonds. The lowest BCUT2D eigenvalue weighted by molar-refractivity contribution is 0.530. The first-order chi connectivity index (χ1) is 6.56. The van der Waals surface area contributed by atoms with Gasteiger partial charge in [-0.3, -0.25) is 0 Å². The zero-order valence-corrected chi connectivity index (χ0v) is 12.6. The van der Waals surface area contributed by atoms with Gasteiger partial charge in [0.25, 0.3) is 0 Å². The van der Waals surface area contributed by atoms with Crippen molar-refractivity contribution in [2.75, 3.05) is 6.54 Å². The van der Waals surface area contributed by atoms with E-state index in [-0.39, 0.29) is 4.83 Å². The highest BCUT2D eigenvalue weighted by atomic mass is 79.9. The van der Waals surface area contributed by atoms with Crippen LogP contribution in [0.15, 0.2) is 0 Å². The average molecular weight is 300 g/mol. The molecule has 0 aliphatic carbocycles. The smallest absolute Gasteiger partial charge is 0.214 e. The minimum Gasteiger partial charge on any atom is -0.214 e. The van der Waals surface area contributed by atoms with Crippen molar-refractivity contribution in [1.82, 2.24) is 4.72 Å². The van der Waals surface area contributed by atoms with Crippen LogP contribution in [0.2, 0.25) is 0 Å². The normalized spacial score (nSPS) is 15.7. The van der Waals surface area contributed by atoms with E-state index < -0.39 is 14.8 Å². The number of halogens is 1. The zero-order valence-electron chi connectivity index (χ0n) is 10.2. The number of sulfonamides is 1. The third-order valence-corrected chi connectivity index (χ3v) is 4.88. The van der Waals surface area contributed by atoms with E-state index in [0.717, 1.165) is 6.42 Å². The van der Waals surface area contributed by atoms with Crippen molar-refractivity contribution < 1.29 is 8.42 Å². The Bertz CT molecular complexity index is 280. The molecule has 0 saturated carbocycles. The van der Waals surface area contributed by atoms with Crippen LogP contribution in [-0.2, 0) is 10.0 Å². The van der Waals surface area contributed by atoms with Gasteiger partial charge in [0.1, 0.15) is 0 Å². The summed E-state index contributed by atoms with van der Waals surface area (Å²) in [5, 5.41) is 0. The molecule has 0 aromatic heterocycles. The molecule has 0 aromatic rings. The number of alkyl halides is 1. The van der Waals surface area contributed by atoms with E-state index in [2.05, 4.69) is 34.5 Å². The van der Waals surface area contributed by atoms with Gasteiger partial charge in [-0.15, -0.1) is 0 Å². The van der Waals surface area contributed by atoms with E-state index in [9.17, 15) is 8.42 Å². The largest absolute Gasteiger partial charge is 0.216 e. The molecule has 0 aromatic carbocycles. The third kappa shape index (κ3) is 5.88. The Kier molecular flexibility index (Phi) is 5.79. The highest BCUT2D eigenvalue weighted by Crippen LogP contribution is 2.16. The van der Waals surface area contributed by atoms with E-state index >= 15 is 0 Å². The van der Waals surface area contributed by atoms with Crippen molar-refractivity contribution in [2.24, 2.45) is 5.92 Å². The van der Waals surface area contributed by atoms with Crippen LogP contribution in [-0.4, -0.2) is 24.5 Å². The maximum Gasteiger partial charge on any atom is 0.216 e. The highest BCUT2D eigenvalue weighted by Gasteiger charge is 2.28. The summed E-state index contributed by atoms with van der Waals surface area (Å²) in [6, 6.07) is 0. The Hall–Kier alpha value is 0.390. The van der Waals surface area contributed by atoms with Crippen molar-refractivity contribution in [1.29, 1.82) is 0 Å². The molecule has 0 bridgehead atoms. The summed E-state index contributed by atoms with van der Waals surface area (Å²) in [6.07, 6.45) is 0.965. The number of hydrogen-bond donors (Lipinski definition) is 1. The fourth-order valence-electron chi connectivity index (χ4n) is 1.01. The Morgan fingerprint density at radius 3 is 2.07 bits per heavy atom. The lowest BCUT2D eigenvalue weighted by atomic mass is 10.1. The molecule has 0 radical (unpaired) electrons. The minimum atomic E-state index is -3.21. The molecule has 15 heavy (non-hydrogen) atoms. The van der Waals surface area contributed by atoms with Crippen LogP contribution in [0.4, 0.5) is 0 Å². The van der Waals surface area contributed by atoms with Gasteiger partial charge in [-0.25, -0.2) is 13.1 Å². The van der Waals surface area contributed by atoms with Gasteiger partial charge in [-0.1, -0.05) is 29.8 Å². The standard InChI is InChI=1S/C10H22BrNO2S/c1-8(2)6-9(11)7-12-15(13,14)10(3,4)5/h8-9,12H,6-7H2,1-5H3. The van der Waals surface area contributed by atoms with E-state index in [4.69, 9.17) is 0 Å². The molecule has 1 unspecified atom stereocenters. The van der Waals surface area contributed by atoms with Gasteiger partial charge in [0, 0.05) is 11.4 Å². The average Bonchev–Trinajstić information content (AvgIpc) is 1.97. The first-order valence-corrected chi connectivity index (χ1v) is 7.59. The summed E-state index contributed by atoms with van der Waals surface area (Å²) in [4.78, 5) is 0.203. The molecule has 0 aliphatic heterocycles. The molecule has 0 rings (SSSR count). The number of hydrogen-bond acceptors (Lipinski definition) is 2. The van der Waals surface area contributed by atoms with Crippen molar-refractivity contribution in [3.63, 3.8) is 0 Å². The minimum absolute atomic E-state index is 0.203. The molecule has 0 saturated heterocycles. The Morgan fingerprint density at radius 2 is 1.73 bits per heavy atom. The molecule has 0 spiro atoms. The third-order valence-electron chi connectivity index (χ3n) is 2.03. The molecule has 1 atom stereocenters. The number of nitrogens with one attached hydrogen (secondary N) is 1. The monoisotopic (exact) mass is 299 g/mol. The topological polar surface area (TPSA) is 46.2 Å². The Morgan fingerprint density at radius 1 is 1.27 bits per heavy atom. The predicted molar refractivity (Wildman–Crippen MR) is 68.8 cm³/mol. The highest BCUT2D eigenvalue weighted by molar-refractivity contribution is 9.09. The van der Waals surface area contributed by atoms with Gasteiger partial charge < -0.3 is 0 Å². The van der Waals surface area contributed by atoms with Crippen molar-refractivity contribution >= 4 is 26.0 Å². The molecular formula is C10H22BrNO2S. The van der Waals surface area contributed by atoms with E-state index in [1.54, 1.807) is 20.8 Å². The van der Waals surface area contributed by atoms with E-state index in [1.807, 2.05) is 0 Å². The zero-order chi connectivity index (χ0) is 12.3. The first kappa shape index (κ1) is 15.4. The summed E-state index contributed by atoms with van der Waals surface area (Å²) < 4.78 is 25.3. The molecule has 3 nitrogen and oxygen atoms in total. The Balaban J connectivity index is 4.17. The van der Waals surface area contributed by atoms with Crippen LogP contribution in [0.3, 0.4) is 0 Å². The SMILES string of the molecule is CC(C)CC(Br)CNS(=O)(=O)C(C)(C)C. The van der Waals surface area contributed by atoms with Gasteiger partial charge >= 0.3 is 0 Å². The van der Waals surface area contributed by atoms with Crippen LogP contribution < -0.4 is 4.72 Å².